The van der Waals surface area contributed by atoms with E-state index in [0.29, 0.717) is 0 Å². The van der Waals surface area contributed by atoms with Gasteiger partial charge in [0.15, 0.2) is 0 Å². The lowest BCUT2D eigenvalue weighted by Gasteiger charge is -2.25. The number of aliphatic hydroxyl groups is 1. The van der Waals surface area contributed by atoms with Crippen molar-refractivity contribution >= 4 is 0 Å². The van der Waals surface area contributed by atoms with E-state index in [0.717, 1.165) is 31.8 Å². The molecule has 0 aromatic carbocycles. The molecule has 0 saturated heterocycles. The van der Waals surface area contributed by atoms with E-state index in [2.05, 4.69) is 25.7 Å². The quantitative estimate of drug-likeness (QED) is 0.639. The minimum Gasteiger partial charge on any atom is -0.393 e. The third-order valence-corrected chi connectivity index (χ3v) is 3.21. The molecular formula is C13H29NO. The Labute approximate surface area is 95.7 Å². The molecule has 0 aliphatic rings. The van der Waals surface area contributed by atoms with Gasteiger partial charge in [-0.1, -0.05) is 33.6 Å². The van der Waals surface area contributed by atoms with Crippen LogP contribution in [0.4, 0.5) is 0 Å². The van der Waals surface area contributed by atoms with Gasteiger partial charge in [-0.25, -0.2) is 0 Å². The van der Waals surface area contributed by atoms with E-state index < -0.39 is 0 Å². The molecule has 0 radical (unpaired) electrons. The molecule has 0 bridgehead atoms. The molecule has 1 unspecified atom stereocenters. The van der Waals surface area contributed by atoms with Crippen LogP contribution in [-0.4, -0.2) is 35.7 Å². The Bertz CT molecular complexity index is 132. The molecule has 2 heteroatoms. The number of aliphatic hydroxyl groups excluding tert-OH is 1. The molecule has 1 N–H and O–H groups in total. The van der Waals surface area contributed by atoms with Crippen LogP contribution in [0.1, 0.15) is 53.4 Å². The van der Waals surface area contributed by atoms with Crippen LogP contribution in [0.2, 0.25) is 0 Å². The second-order valence-electron chi connectivity index (χ2n) is 4.57. The second-order valence-corrected chi connectivity index (χ2v) is 4.57. The van der Waals surface area contributed by atoms with Gasteiger partial charge in [-0.2, -0.15) is 0 Å². The van der Waals surface area contributed by atoms with Gasteiger partial charge in [-0.15, -0.1) is 0 Å². The summed E-state index contributed by atoms with van der Waals surface area (Å²) in [6.45, 7) is 12.1. The number of hydrogen-bond donors (Lipinski definition) is 1. The summed E-state index contributed by atoms with van der Waals surface area (Å²) in [4.78, 5) is 2.51. The standard InChI is InChI=1S/C13H29NO/c1-5-13(6-2)11-14(7-3)10-8-9-12(4)15/h12-13,15H,5-11H2,1-4H3. The van der Waals surface area contributed by atoms with E-state index in [1.807, 2.05) is 6.92 Å². The molecule has 0 aromatic rings. The van der Waals surface area contributed by atoms with Crippen molar-refractivity contribution in [3.05, 3.63) is 0 Å². The fourth-order valence-electron chi connectivity index (χ4n) is 1.90. The van der Waals surface area contributed by atoms with Crippen LogP contribution in [0.5, 0.6) is 0 Å². The zero-order valence-electron chi connectivity index (χ0n) is 11.0. The van der Waals surface area contributed by atoms with Crippen LogP contribution in [0.15, 0.2) is 0 Å². The van der Waals surface area contributed by atoms with Crippen molar-refractivity contribution in [2.24, 2.45) is 5.92 Å². The molecule has 92 valence electrons. The normalized spacial score (nSPS) is 13.8. The molecular weight excluding hydrogens is 186 g/mol. The van der Waals surface area contributed by atoms with Crippen molar-refractivity contribution in [2.75, 3.05) is 19.6 Å². The molecule has 0 aliphatic heterocycles. The third kappa shape index (κ3) is 7.80. The Morgan fingerprint density at radius 2 is 1.73 bits per heavy atom. The third-order valence-electron chi connectivity index (χ3n) is 3.21. The summed E-state index contributed by atoms with van der Waals surface area (Å²) < 4.78 is 0. The first-order chi connectivity index (χ1) is 7.13. The fourth-order valence-corrected chi connectivity index (χ4v) is 1.90. The van der Waals surface area contributed by atoms with Crippen LogP contribution in [0.25, 0.3) is 0 Å². The maximum absolute atomic E-state index is 9.19. The molecule has 15 heavy (non-hydrogen) atoms. The predicted octanol–water partition coefficient (Wildman–Crippen LogP) is 2.91. The van der Waals surface area contributed by atoms with Gasteiger partial charge >= 0.3 is 0 Å². The molecule has 2 nitrogen and oxygen atoms in total. The minimum atomic E-state index is -0.142. The van der Waals surface area contributed by atoms with Crippen molar-refractivity contribution in [2.45, 2.75) is 59.5 Å². The maximum Gasteiger partial charge on any atom is 0.0512 e. The summed E-state index contributed by atoms with van der Waals surface area (Å²) in [7, 11) is 0. The largest absolute Gasteiger partial charge is 0.393 e. The van der Waals surface area contributed by atoms with Crippen LogP contribution >= 0.6 is 0 Å². The lowest BCUT2D eigenvalue weighted by Crippen LogP contribution is -2.30. The first-order valence-electron chi connectivity index (χ1n) is 6.54. The summed E-state index contributed by atoms with van der Waals surface area (Å²) in [5.41, 5.74) is 0. The first-order valence-corrected chi connectivity index (χ1v) is 6.54. The molecule has 0 amide bonds. The van der Waals surface area contributed by atoms with Crippen LogP contribution in [-0.2, 0) is 0 Å². The molecule has 1 atom stereocenters. The topological polar surface area (TPSA) is 23.5 Å². The average molecular weight is 215 g/mol. The Morgan fingerprint density at radius 3 is 2.13 bits per heavy atom. The zero-order chi connectivity index (χ0) is 11.7. The van der Waals surface area contributed by atoms with Gasteiger partial charge in [0.25, 0.3) is 0 Å². The number of nitrogens with zero attached hydrogens (tertiary/aromatic N) is 1. The molecule has 0 aliphatic carbocycles. The van der Waals surface area contributed by atoms with Gasteiger partial charge in [0.1, 0.15) is 0 Å². The highest BCUT2D eigenvalue weighted by atomic mass is 16.3. The van der Waals surface area contributed by atoms with Crippen molar-refractivity contribution in [3.8, 4) is 0 Å². The van der Waals surface area contributed by atoms with Gasteiger partial charge < -0.3 is 10.0 Å². The SMILES string of the molecule is CCC(CC)CN(CC)CCCC(C)O. The highest BCUT2D eigenvalue weighted by Gasteiger charge is 2.09. The Kier molecular flexibility index (Phi) is 9.12. The van der Waals surface area contributed by atoms with Gasteiger partial charge in [0, 0.05) is 6.54 Å². The van der Waals surface area contributed by atoms with Crippen molar-refractivity contribution < 1.29 is 5.11 Å². The maximum atomic E-state index is 9.19. The molecule has 0 rings (SSSR count). The van der Waals surface area contributed by atoms with Crippen molar-refractivity contribution in [1.29, 1.82) is 0 Å². The Hall–Kier alpha value is -0.0800. The summed E-state index contributed by atoms with van der Waals surface area (Å²) >= 11 is 0. The van der Waals surface area contributed by atoms with Gasteiger partial charge in [0.05, 0.1) is 6.10 Å². The molecule has 0 aromatic heterocycles. The predicted molar refractivity (Wildman–Crippen MR) is 67.1 cm³/mol. The molecule has 0 fully saturated rings. The van der Waals surface area contributed by atoms with E-state index in [1.165, 1.54) is 19.4 Å². The average Bonchev–Trinajstić information content (AvgIpc) is 2.22. The van der Waals surface area contributed by atoms with E-state index in [4.69, 9.17) is 0 Å². The van der Waals surface area contributed by atoms with Crippen LogP contribution in [0.3, 0.4) is 0 Å². The minimum absolute atomic E-state index is 0.142. The molecule has 0 saturated carbocycles. The monoisotopic (exact) mass is 215 g/mol. The zero-order valence-corrected chi connectivity index (χ0v) is 11.0. The lowest BCUT2D eigenvalue weighted by atomic mass is 10.0. The van der Waals surface area contributed by atoms with Crippen LogP contribution < -0.4 is 0 Å². The summed E-state index contributed by atoms with van der Waals surface area (Å²) in [5.74, 6) is 0.844. The Morgan fingerprint density at radius 1 is 1.13 bits per heavy atom. The summed E-state index contributed by atoms with van der Waals surface area (Å²) in [6.07, 6.45) is 4.47. The van der Waals surface area contributed by atoms with E-state index in [9.17, 15) is 5.11 Å². The molecule has 0 spiro atoms. The van der Waals surface area contributed by atoms with E-state index in [1.54, 1.807) is 0 Å². The molecule has 0 heterocycles. The summed E-state index contributed by atoms with van der Waals surface area (Å²) in [6, 6.07) is 0. The van der Waals surface area contributed by atoms with Crippen LogP contribution in [0, 0.1) is 5.92 Å². The number of hydrogen-bond acceptors (Lipinski definition) is 2. The first kappa shape index (κ1) is 14.9. The highest BCUT2D eigenvalue weighted by Crippen LogP contribution is 2.10. The van der Waals surface area contributed by atoms with Gasteiger partial charge in [0.2, 0.25) is 0 Å². The van der Waals surface area contributed by atoms with Gasteiger partial charge in [-0.3, -0.25) is 0 Å². The second kappa shape index (κ2) is 9.17. The van der Waals surface area contributed by atoms with Crippen molar-refractivity contribution in [1.82, 2.24) is 4.90 Å². The smallest absolute Gasteiger partial charge is 0.0512 e. The highest BCUT2D eigenvalue weighted by molar-refractivity contribution is 4.63. The number of rotatable bonds is 9. The Balaban J connectivity index is 3.71. The lowest BCUT2D eigenvalue weighted by molar-refractivity contribution is 0.166. The van der Waals surface area contributed by atoms with E-state index >= 15 is 0 Å². The van der Waals surface area contributed by atoms with Crippen molar-refractivity contribution in [3.63, 3.8) is 0 Å². The fraction of sp³-hybridized carbons (Fsp3) is 1.00. The van der Waals surface area contributed by atoms with E-state index in [-0.39, 0.29) is 6.10 Å². The summed E-state index contributed by atoms with van der Waals surface area (Å²) in [5, 5.41) is 9.19. The van der Waals surface area contributed by atoms with Gasteiger partial charge in [-0.05, 0) is 38.8 Å².